The zero-order valence-electron chi connectivity index (χ0n) is 13.5. The van der Waals surface area contributed by atoms with E-state index in [1.165, 1.54) is 0 Å². The molecule has 3 rings (SSSR count). The molecule has 0 saturated carbocycles. The number of likely N-dealkylation sites (tertiary alicyclic amines) is 1. The Kier molecular flexibility index (Phi) is 5.60. The van der Waals surface area contributed by atoms with Gasteiger partial charge in [-0.05, 0) is 55.3 Å². The molecule has 1 atom stereocenters. The van der Waals surface area contributed by atoms with Crippen LogP contribution in [-0.2, 0) is 11.3 Å². The summed E-state index contributed by atoms with van der Waals surface area (Å²) in [5.74, 6) is -0.0598. The lowest BCUT2D eigenvalue weighted by Gasteiger charge is -2.24. The van der Waals surface area contributed by atoms with Gasteiger partial charge in [0.2, 0.25) is 5.91 Å². The number of nitriles is 1. The van der Waals surface area contributed by atoms with E-state index < -0.39 is 0 Å². The maximum Gasteiger partial charge on any atom is 0.241 e. The van der Waals surface area contributed by atoms with Gasteiger partial charge in [-0.15, -0.1) is 0 Å². The number of rotatable bonds is 4. The topological polar surface area (TPSA) is 56.1 Å². The Hall–Kier alpha value is -2.06. The Morgan fingerprint density at radius 3 is 2.68 bits per heavy atom. The van der Waals surface area contributed by atoms with Crippen LogP contribution in [0.2, 0.25) is 10.0 Å². The molecule has 0 bridgehead atoms. The van der Waals surface area contributed by atoms with Crippen LogP contribution in [0.1, 0.15) is 24.0 Å². The van der Waals surface area contributed by atoms with E-state index in [2.05, 4.69) is 16.3 Å². The molecule has 0 spiro atoms. The molecule has 1 aliphatic rings. The summed E-state index contributed by atoms with van der Waals surface area (Å²) in [7, 11) is 0. The SMILES string of the molecule is N#Cc1ccc(CN2CCC[C@@H]2C(=O)Nc2ccc(Cl)cc2Cl)cc1. The summed E-state index contributed by atoms with van der Waals surface area (Å²) in [4.78, 5) is 14.8. The summed E-state index contributed by atoms with van der Waals surface area (Å²) >= 11 is 12.0. The Balaban J connectivity index is 1.67. The normalized spacial score (nSPS) is 17.2. The first-order valence-electron chi connectivity index (χ1n) is 8.06. The van der Waals surface area contributed by atoms with Crippen LogP contribution < -0.4 is 5.32 Å². The van der Waals surface area contributed by atoms with Gasteiger partial charge in [-0.1, -0.05) is 35.3 Å². The number of carbonyl (C=O) groups excluding carboxylic acids is 1. The second-order valence-corrected chi connectivity index (χ2v) is 6.89. The summed E-state index contributed by atoms with van der Waals surface area (Å²) in [5.41, 5.74) is 2.29. The molecule has 1 aliphatic heterocycles. The van der Waals surface area contributed by atoms with Crippen molar-refractivity contribution >= 4 is 34.8 Å². The predicted octanol–water partition coefficient (Wildman–Crippen LogP) is 4.47. The Bertz CT molecular complexity index is 814. The fourth-order valence-corrected chi connectivity index (χ4v) is 3.49. The van der Waals surface area contributed by atoms with E-state index >= 15 is 0 Å². The largest absolute Gasteiger partial charge is 0.323 e. The molecule has 1 saturated heterocycles. The molecule has 0 aliphatic carbocycles. The third-order valence-corrected chi connectivity index (χ3v) is 4.87. The highest BCUT2D eigenvalue weighted by molar-refractivity contribution is 6.36. The standard InChI is InChI=1S/C19H17Cl2N3O/c20-15-7-8-17(16(21)10-15)23-19(25)18-2-1-9-24(18)12-14-5-3-13(11-22)4-6-14/h3-8,10,18H,1-2,9,12H2,(H,23,25)/t18-/m1/s1. The monoisotopic (exact) mass is 373 g/mol. The highest BCUT2D eigenvalue weighted by Crippen LogP contribution is 2.27. The summed E-state index contributed by atoms with van der Waals surface area (Å²) in [6.45, 7) is 1.55. The van der Waals surface area contributed by atoms with Crippen LogP contribution in [0.3, 0.4) is 0 Å². The fourth-order valence-electron chi connectivity index (χ4n) is 3.04. The van der Waals surface area contributed by atoms with Gasteiger partial charge in [0.05, 0.1) is 28.4 Å². The minimum absolute atomic E-state index is 0.0598. The highest BCUT2D eigenvalue weighted by Gasteiger charge is 2.30. The van der Waals surface area contributed by atoms with Crippen molar-refractivity contribution in [1.82, 2.24) is 4.90 Å². The van der Waals surface area contributed by atoms with Crippen LogP contribution in [0.25, 0.3) is 0 Å². The van der Waals surface area contributed by atoms with E-state index in [0.29, 0.717) is 27.8 Å². The molecule has 0 unspecified atom stereocenters. The average Bonchev–Trinajstić information content (AvgIpc) is 3.06. The van der Waals surface area contributed by atoms with Crippen LogP contribution in [0.15, 0.2) is 42.5 Å². The van der Waals surface area contributed by atoms with Crippen LogP contribution in [0.4, 0.5) is 5.69 Å². The number of benzene rings is 2. The lowest BCUT2D eigenvalue weighted by atomic mass is 10.1. The molecule has 1 amide bonds. The van der Waals surface area contributed by atoms with E-state index in [1.807, 2.05) is 12.1 Å². The minimum Gasteiger partial charge on any atom is -0.323 e. The number of hydrogen-bond acceptors (Lipinski definition) is 3. The first-order chi connectivity index (χ1) is 12.1. The van der Waals surface area contributed by atoms with Gasteiger partial charge in [-0.3, -0.25) is 9.69 Å². The molecular formula is C19H17Cl2N3O. The lowest BCUT2D eigenvalue weighted by Crippen LogP contribution is -2.39. The number of hydrogen-bond donors (Lipinski definition) is 1. The number of nitrogens with one attached hydrogen (secondary N) is 1. The van der Waals surface area contributed by atoms with Crippen LogP contribution in [0.5, 0.6) is 0 Å². The third-order valence-electron chi connectivity index (χ3n) is 4.32. The smallest absolute Gasteiger partial charge is 0.241 e. The van der Waals surface area contributed by atoms with Crippen molar-refractivity contribution in [2.45, 2.75) is 25.4 Å². The zero-order chi connectivity index (χ0) is 17.8. The van der Waals surface area contributed by atoms with Crippen molar-refractivity contribution in [2.75, 3.05) is 11.9 Å². The van der Waals surface area contributed by atoms with Gasteiger partial charge in [0.1, 0.15) is 0 Å². The molecule has 2 aromatic carbocycles. The molecular weight excluding hydrogens is 357 g/mol. The summed E-state index contributed by atoms with van der Waals surface area (Å²) in [6, 6.07) is 14.4. The number of carbonyl (C=O) groups is 1. The predicted molar refractivity (Wildman–Crippen MR) is 99.7 cm³/mol. The van der Waals surface area contributed by atoms with Gasteiger partial charge in [-0.2, -0.15) is 5.26 Å². The molecule has 25 heavy (non-hydrogen) atoms. The van der Waals surface area contributed by atoms with Crippen molar-refractivity contribution in [3.63, 3.8) is 0 Å². The molecule has 1 fully saturated rings. The van der Waals surface area contributed by atoms with Crippen molar-refractivity contribution < 1.29 is 4.79 Å². The van der Waals surface area contributed by atoms with Gasteiger partial charge in [0, 0.05) is 11.6 Å². The van der Waals surface area contributed by atoms with E-state index in [-0.39, 0.29) is 11.9 Å². The highest BCUT2D eigenvalue weighted by atomic mass is 35.5. The lowest BCUT2D eigenvalue weighted by molar-refractivity contribution is -0.120. The number of amides is 1. The number of nitrogens with zero attached hydrogens (tertiary/aromatic N) is 2. The van der Waals surface area contributed by atoms with Crippen molar-refractivity contribution in [3.05, 3.63) is 63.6 Å². The molecule has 0 aromatic heterocycles. The molecule has 1 heterocycles. The maximum atomic E-state index is 12.7. The van der Waals surface area contributed by atoms with Gasteiger partial charge in [0.25, 0.3) is 0 Å². The van der Waals surface area contributed by atoms with Gasteiger partial charge in [0.15, 0.2) is 0 Å². The van der Waals surface area contributed by atoms with Crippen molar-refractivity contribution in [2.24, 2.45) is 0 Å². The van der Waals surface area contributed by atoms with Gasteiger partial charge < -0.3 is 5.32 Å². The summed E-state index contributed by atoms with van der Waals surface area (Å²) in [6.07, 6.45) is 1.79. The van der Waals surface area contributed by atoms with Crippen LogP contribution in [-0.4, -0.2) is 23.4 Å². The summed E-state index contributed by atoms with van der Waals surface area (Å²) < 4.78 is 0. The molecule has 2 aromatic rings. The maximum absolute atomic E-state index is 12.7. The van der Waals surface area contributed by atoms with Crippen molar-refractivity contribution in [3.8, 4) is 6.07 Å². The minimum atomic E-state index is -0.192. The van der Waals surface area contributed by atoms with Gasteiger partial charge in [-0.25, -0.2) is 0 Å². The zero-order valence-corrected chi connectivity index (χ0v) is 15.0. The second-order valence-electron chi connectivity index (χ2n) is 6.05. The van der Waals surface area contributed by atoms with Gasteiger partial charge >= 0.3 is 0 Å². The van der Waals surface area contributed by atoms with E-state index in [1.54, 1.807) is 30.3 Å². The fraction of sp³-hybridized carbons (Fsp3) is 0.263. The Morgan fingerprint density at radius 2 is 2.00 bits per heavy atom. The van der Waals surface area contributed by atoms with E-state index in [0.717, 1.165) is 24.9 Å². The van der Waals surface area contributed by atoms with Crippen molar-refractivity contribution in [1.29, 1.82) is 5.26 Å². The number of halogens is 2. The molecule has 0 radical (unpaired) electrons. The second kappa shape index (κ2) is 7.88. The number of anilines is 1. The third kappa shape index (κ3) is 4.32. The first kappa shape index (κ1) is 17.8. The Morgan fingerprint density at radius 1 is 1.24 bits per heavy atom. The molecule has 128 valence electrons. The first-order valence-corrected chi connectivity index (χ1v) is 8.81. The summed E-state index contributed by atoms with van der Waals surface area (Å²) in [5, 5.41) is 12.7. The van der Waals surface area contributed by atoms with E-state index in [9.17, 15) is 4.79 Å². The molecule has 4 nitrogen and oxygen atoms in total. The van der Waals surface area contributed by atoms with Crippen LogP contribution >= 0.6 is 23.2 Å². The molecule has 1 N–H and O–H groups in total. The Labute approximate surface area is 157 Å². The quantitative estimate of drug-likeness (QED) is 0.859. The van der Waals surface area contributed by atoms with Crippen LogP contribution in [0, 0.1) is 11.3 Å². The van der Waals surface area contributed by atoms with E-state index in [4.69, 9.17) is 28.5 Å². The molecule has 6 heteroatoms. The average molecular weight is 374 g/mol.